The van der Waals surface area contributed by atoms with E-state index in [0.29, 0.717) is 22.2 Å². The van der Waals surface area contributed by atoms with Crippen LogP contribution in [0.3, 0.4) is 0 Å². The number of hydrogen-bond acceptors (Lipinski definition) is 3. The fourth-order valence-electron chi connectivity index (χ4n) is 4.02. The summed E-state index contributed by atoms with van der Waals surface area (Å²) in [4.78, 5) is 15.4. The first kappa shape index (κ1) is 21.3. The van der Waals surface area contributed by atoms with Gasteiger partial charge in [0.05, 0.1) is 11.6 Å². The zero-order chi connectivity index (χ0) is 22.1. The first-order valence-electron chi connectivity index (χ1n) is 9.90. The fourth-order valence-corrected chi connectivity index (χ4v) is 4.02. The molecule has 0 saturated carbocycles. The van der Waals surface area contributed by atoms with Crippen LogP contribution in [0, 0.1) is 17.5 Å². The van der Waals surface area contributed by atoms with Gasteiger partial charge in [0.1, 0.15) is 30.4 Å². The Bertz CT molecular complexity index is 1100. The number of nitrogens with one attached hydrogen (secondary N) is 3. The number of aliphatic hydroxyl groups is 1. The quantitative estimate of drug-likeness (QED) is 0.449. The summed E-state index contributed by atoms with van der Waals surface area (Å²) in [5, 5.41) is 15.5. The molecule has 4 rings (SSSR count). The topological polar surface area (TPSA) is 77.2 Å². The van der Waals surface area contributed by atoms with Crippen LogP contribution < -0.4 is 10.6 Å². The molecule has 3 aromatic rings. The molecule has 0 spiro atoms. The van der Waals surface area contributed by atoms with Gasteiger partial charge in [-0.15, -0.1) is 0 Å². The van der Waals surface area contributed by atoms with Crippen molar-refractivity contribution in [2.24, 2.45) is 0 Å². The Hall–Kier alpha value is -2.91. The maximum Gasteiger partial charge on any atom is 0.220 e. The van der Waals surface area contributed by atoms with E-state index in [1.165, 1.54) is 30.3 Å². The van der Waals surface area contributed by atoms with Gasteiger partial charge in [-0.1, -0.05) is 0 Å². The highest BCUT2D eigenvalue weighted by molar-refractivity contribution is 5.92. The lowest BCUT2D eigenvalue weighted by molar-refractivity contribution is -0.122. The van der Waals surface area contributed by atoms with Crippen molar-refractivity contribution in [1.29, 1.82) is 0 Å². The number of halogens is 4. The monoisotopic (exact) mass is 435 g/mol. The van der Waals surface area contributed by atoms with Crippen LogP contribution in [0.25, 0.3) is 22.2 Å². The number of amides is 1. The van der Waals surface area contributed by atoms with Gasteiger partial charge in [0.2, 0.25) is 5.91 Å². The summed E-state index contributed by atoms with van der Waals surface area (Å²) in [7, 11) is 0. The van der Waals surface area contributed by atoms with Gasteiger partial charge in [0, 0.05) is 29.6 Å². The summed E-state index contributed by atoms with van der Waals surface area (Å²) in [5.74, 6) is -2.35. The van der Waals surface area contributed by atoms with Crippen LogP contribution in [-0.4, -0.2) is 41.0 Å². The molecule has 2 aromatic carbocycles. The van der Waals surface area contributed by atoms with Crippen molar-refractivity contribution in [3.8, 4) is 11.3 Å². The van der Waals surface area contributed by atoms with E-state index in [2.05, 4.69) is 15.6 Å². The molecule has 2 heterocycles. The average Bonchev–Trinajstić information content (AvgIpc) is 3.27. The third kappa shape index (κ3) is 4.42. The Labute approximate surface area is 175 Å². The van der Waals surface area contributed by atoms with Crippen molar-refractivity contribution in [3.05, 3.63) is 59.4 Å². The van der Waals surface area contributed by atoms with Gasteiger partial charge in [-0.2, -0.15) is 0 Å². The Morgan fingerprint density at radius 1 is 1.13 bits per heavy atom. The summed E-state index contributed by atoms with van der Waals surface area (Å²) in [6.45, 7) is -0.656. The van der Waals surface area contributed by atoms with Gasteiger partial charge in [-0.25, -0.2) is 17.6 Å². The SMILES string of the molecule is O=C(CCc1c(-c2ccc(F)cc2)[nH]c2c(F)cc(F)cc12)N[C@H]1C[C@@H](CF)NC1O. The third-order valence-corrected chi connectivity index (χ3v) is 5.53. The highest BCUT2D eigenvalue weighted by Gasteiger charge is 2.33. The first-order valence-corrected chi connectivity index (χ1v) is 9.90. The molecule has 1 saturated heterocycles. The average molecular weight is 435 g/mol. The van der Waals surface area contributed by atoms with Gasteiger partial charge >= 0.3 is 0 Å². The predicted molar refractivity (Wildman–Crippen MR) is 107 cm³/mol. The maximum atomic E-state index is 14.3. The van der Waals surface area contributed by atoms with Gasteiger partial charge < -0.3 is 15.4 Å². The highest BCUT2D eigenvalue weighted by atomic mass is 19.1. The van der Waals surface area contributed by atoms with E-state index in [9.17, 15) is 27.5 Å². The molecule has 0 radical (unpaired) electrons. The fraction of sp³-hybridized carbons (Fsp3) is 0.318. The van der Waals surface area contributed by atoms with Crippen molar-refractivity contribution >= 4 is 16.8 Å². The number of carbonyl (C=O) groups is 1. The van der Waals surface area contributed by atoms with Crippen molar-refractivity contribution in [1.82, 2.24) is 15.6 Å². The summed E-state index contributed by atoms with van der Waals surface area (Å²) in [6, 6.07) is 6.33. The number of alkyl halides is 1. The molecule has 1 fully saturated rings. The van der Waals surface area contributed by atoms with Gasteiger partial charge in [0.15, 0.2) is 0 Å². The van der Waals surface area contributed by atoms with Crippen molar-refractivity contribution < 1.29 is 27.5 Å². The molecule has 9 heteroatoms. The summed E-state index contributed by atoms with van der Waals surface area (Å²) in [6.07, 6.45) is -0.670. The van der Waals surface area contributed by atoms with Crippen molar-refractivity contribution in [2.75, 3.05) is 6.67 Å². The Kier molecular flexibility index (Phi) is 5.97. The summed E-state index contributed by atoms with van der Waals surface area (Å²) in [5.41, 5.74) is 1.64. The summed E-state index contributed by atoms with van der Waals surface area (Å²) >= 11 is 0. The number of hydrogen-bond donors (Lipinski definition) is 4. The lowest BCUT2D eigenvalue weighted by atomic mass is 10.0. The number of benzene rings is 2. The van der Waals surface area contributed by atoms with E-state index in [0.717, 1.165) is 6.07 Å². The molecular formula is C22H21F4N3O2. The molecule has 3 atom stereocenters. The molecule has 1 amide bonds. The second kappa shape index (κ2) is 8.68. The van der Waals surface area contributed by atoms with E-state index < -0.39 is 42.4 Å². The number of aryl methyl sites for hydroxylation is 1. The molecule has 1 aliphatic rings. The Morgan fingerprint density at radius 2 is 1.87 bits per heavy atom. The predicted octanol–water partition coefficient (Wildman–Crippen LogP) is 3.32. The Balaban J connectivity index is 1.59. The molecule has 1 unspecified atom stereocenters. The standard InChI is InChI=1S/C22H21F4N3O2/c23-10-14-9-18(22(31)27-14)28-19(30)6-5-15-16-7-13(25)8-17(26)21(16)29-20(15)11-1-3-12(24)4-2-11/h1-4,7-8,14,18,22,27,29,31H,5-6,9-10H2,(H,28,30)/t14-,18-,22?/m0/s1. The number of aliphatic hydroxyl groups excluding tert-OH is 1. The number of rotatable bonds is 6. The highest BCUT2D eigenvalue weighted by Crippen LogP contribution is 2.33. The second-order valence-corrected chi connectivity index (χ2v) is 7.67. The number of aromatic nitrogens is 1. The number of fused-ring (bicyclic) bond motifs is 1. The van der Waals surface area contributed by atoms with Crippen LogP contribution in [0.15, 0.2) is 36.4 Å². The lowest BCUT2D eigenvalue weighted by Gasteiger charge is -2.16. The van der Waals surface area contributed by atoms with E-state index in [1.54, 1.807) is 0 Å². The summed E-state index contributed by atoms with van der Waals surface area (Å²) < 4.78 is 54.3. The van der Waals surface area contributed by atoms with Gasteiger partial charge in [0.25, 0.3) is 0 Å². The minimum absolute atomic E-state index is 0.0250. The van der Waals surface area contributed by atoms with E-state index in [-0.39, 0.29) is 30.7 Å². The molecule has 1 aromatic heterocycles. The maximum absolute atomic E-state index is 14.3. The van der Waals surface area contributed by atoms with Crippen LogP contribution in [-0.2, 0) is 11.2 Å². The molecule has 0 bridgehead atoms. The van der Waals surface area contributed by atoms with E-state index in [1.807, 2.05) is 0 Å². The number of carbonyl (C=O) groups excluding carboxylic acids is 1. The van der Waals surface area contributed by atoms with E-state index in [4.69, 9.17) is 0 Å². The first-order chi connectivity index (χ1) is 14.9. The lowest BCUT2D eigenvalue weighted by Crippen LogP contribution is -2.43. The van der Waals surface area contributed by atoms with Crippen LogP contribution in [0.1, 0.15) is 18.4 Å². The van der Waals surface area contributed by atoms with Crippen LogP contribution in [0.2, 0.25) is 0 Å². The largest absolute Gasteiger partial charge is 0.376 e. The molecule has 5 nitrogen and oxygen atoms in total. The normalized spacial score (nSPS) is 21.0. The second-order valence-electron chi connectivity index (χ2n) is 7.67. The minimum Gasteiger partial charge on any atom is -0.376 e. The number of aromatic amines is 1. The minimum atomic E-state index is -1.05. The Morgan fingerprint density at radius 3 is 2.55 bits per heavy atom. The molecule has 1 aliphatic heterocycles. The molecule has 31 heavy (non-hydrogen) atoms. The molecule has 164 valence electrons. The zero-order valence-corrected chi connectivity index (χ0v) is 16.4. The number of H-pyrrole nitrogens is 1. The van der Waals surface area contributed by atoms with Crippen LogP contribution in [0.5, 0.6) is 0 Å². The zero-order valence-electron chi connectivity index (χ0n) is 16.4. The van der Waals surface area contributed by atoms with Gasteiger partial charge in [-0.05, 0) is 54.3 Å². The molecular weight excluding hydrogens is 414 g/mol. The molecule has 4 N–H and O–H groups in total. The van der Waals surface area contributed by atoms with Crippen LogP contribution >= 0.6 is 0 Å². The van der Waals surface area contributed by atoms with Gasteiger partial charge in [-0.3, -0.25) is 10.1 Å². The van der Waals surface area contributed by atoms with E-state index >= 15 is 0 Å². The third-order valence-electron chi connectivity index (χ3n) is 5.53. The molecule has 0 aliphatic carbocycles. The van der Waals surface area contributed by atoms with Crippen molar-refractivity contribution in [3.63, 3.8) is 0 Å². The van der Waals surface area contributed by atoms with Crippen molar-refractivity contribution in [2.45, 2.75) is 37.6 Å². The smallest absolute Gasteiger partial charge is 0.220 e. The van der Waals surface area contributed by atoms with Crippen LogP contribution in [0.4, 0.5) is 17.6 Å².